The van der Waals surface area contributed by atoms with Gasteiger partial charge in [0.1, 0.15) is 0 Å². The summed E-state index contributed by atoms with van der Waals surface area (Å²) in [5.41, 5.74) is 6.22. The maximum atomic E-state index is 6.84. The molecule has 0 fully saturated rings. The Kier molecular flexibility index (Phi) is 5.43. The molecule has 2 nitrogen and oxygen atoms in total. The van der Waals surface area contributed by atoms with E-state index >= 15 is 0 Å². The predicted octanol–water partition coefficient (Wildman–Crippen LogP) is 7.05. The summed E-state index contributed by atoms with van der Waals surface area (Å²) in [6, 6.07) is 27.6. The van der Waals surface area contributed by atoms with Crippen molar-refractivity contribution in [1.29, 1.82) is 0 Å². The normalized spacial score (nSPS) is 15.8. The van der Waals surface area contributed by atoms with E-state index in [1.165, 1.54) is 39.4 Å². The summed E-state index contributed by atoms with van der Waals surface area (Å²) in [5.74, 6) is 0. The summed E-state index contributed by atoms with van der Waals surface area (Å²) < 4.78 is 2.12. The van der Waals surface area contributed by atoms with E-state index < -0.39 is 0 Å². The molecule has 0 radical (unpaired) electrons. The third kappa shape index (κ3) is 3.41. The van der Waals surface area contributed by atoms with Crippen LogP contribution in [0.25, 0.3) is 22.7 Å². The van der Waals surface area contributed by atoms with Crippen molar-refractivity contribution < 1.29 is 4.57 Å². The number of nitrogens with zero attached hydrogens (tertiary/aromatic N) is 2. The minimum absolute atomic E-state index is 0. The fourth-order valence-corrected chi connectivity index (χ4v) is 6.08. The zero-order valence-electron chi connectivity index (χ0n) is 16.8. The van der Waals surface area contributed by atoms with E-state index in [0.717, 1.165) is 23.3 Å². The van der Waals surface area contributed by atoms with Crippen molar-refractivity contribution in [3.8, 4) is 5.69 Å². The molecule has 31 heavy (non-hydrogen) atoms. The first-order valence-corrected chi connectivity index (χ1v) is 11.5. The van der Waals surface area contributed by atoms with Crippen molar-refractivity contribution in [2.24, 2.45) is 0 Å². The highest BCUT2D eigenvalue weighted by molar-refractivity contribution is 8.03. The second kappa shape index (κ2) is 8.23. The van der Waals surface area contributed by atoms with Gasteiger partial charge in [-0.15, -0.1) is 17.0 Å². The molecule has 0 bridgehead atoms. The zero-order valence-corrected chi connectivity index (χ0v) is 19.2. The average Bonchev–Trinajstić information content (AvgIpc) is 3.14. The van der Waals surface area contributed by atoms with Crippen LogP contribution in [0, 0.1) is 0 Å². The van der Waals surface area contributed by atoms with Crippen LogP contribution in [-0.2, 0) is 6.42 Å². The highest BCUT2D eigenvalue weighted by atomic mass is 35.5. The van der Waals surface area contributed by atoms with Crippen molar-refractivity contribution in [3.05, 3.63) is 100 Å². The summed E-state index contributed by atoms with van der Waals surface area (Å²) in [7, 11) is 0. The van der Waals surface area contributed by atoms with Crippen LogP contribution in [0.5, 0.6) is 0 Å². The topological polar surface area (TPSA) is 7.12 Å². The third-order valence-electron chi connectivity index (χ3n) is 5.90. The molecule has 4 aromatic rings. The summed E-state index contributed by atoms with van der Waals surface area (Å²) in [6.07, 6.45) is 4.67. The molecule has 154 valence electrons. The number of anilines is 1. The third-order valence-corrected chi connectivity index (χ3v) is 7.27. The first-order chi connectivity index (χ1) is 14.8. The van der Waals surface area contributed by atoms with E-state index in [-0.39, 0.29) is 12.4 Å². The molecule has 2 aliphatic heterocycles. The van der Waals surface area contributed by atoms with E-state index in [4.69, 9.17) is 11.6 Å². The molecule has 2 aliphatic rings. The number of para-hydroxylation sites is 3. The Balaban J connectivity index is 0.00000204. The molecule has 0 aliphatic carbocycles. The summed E-state index contributed by atoms with van der Waals surface area (Å²) in [6.45, 7) is 1.07. The van der Waals surface area contributed by atoms with Crippen molar-refractivity contribution in [1.82, 2.24) is 0 Å². The van der Waals surface area contributed by atoms with Gasteiger partial charge in [-0.05, 0) is 53.8 Å². The summed E-state index contributed by atoms with van der Waals surface area (Å²) in [4.78, 5) is 3.85. The van der Waals surface area contributed by atoms with Gasteiger partial charge in [-0.3, -0.25) is 0 Å². The lowest BCUT2D eigenvalue weighted by atomic mass is 10.0. The number of hydrogen-bond donors (Lipinski definition) is 0. The molecule has 5 heteroatoms. The number of hydrogen-bond acceptors (Lipinski definition) is 2. The second-order valence-electron chi connectivity index (χ2n) is 7.71. The van der Waals surface area contributed by atoms with Crippen LogP contribution in [0.1, 0.15) is 17.5 Å². The number of fused-ring (bicyclic) bond motifs is 1. The number of rotatable bonds is 2. The van der Waals surface area contributed by atoms with Crippen LogP contribution < -0.4 is 9.47 Å². The van der Waals surface area contributed by atoms with Crippen molar-refractivity contribution in [2.45, 2.75) is 17.7 Å². The highest BCUT2D eigenvalue weighted by Gasteiger charge is 2.30. The lowest BCUT2D eigenvalue weighted by Crippen LogP contribution is -2.33. The van der Waals surface area contributed by atoms with Crippen LogP contribution in [0.2, 0.25) is 5.15 Å². The van der Waals surface area contributed by atoms with Gasteiger partial charge in [-0.1, -0.05) is 54.2 Å². The Hall–Kier alpha value is -2.46. The molecule has 0 atom stereocenters. The van der Waals surface area contributed by atoms with Crippen molar-refractivity contribution >= 4 is 58.4 Å². The molecule has 0 saturated carbocycles. The lowest BCUT2D eigenvalue weighted by Gasteiger charge is -2.27. The maximum Gasteiger partial charge on any atom is 0.281 e. The zero-order chi connectivity index (χ0) is 20.1. The molecule has 3 aromatic carbocycles. The molecular formula is C26H21Cl2N2S+. The molecule has 0 saturated heterocycles. The molecule has 6 rings (SSSR count). The van der Waals surface area contributed by atoms with Gasteiger partial charge in [0.25, 0.3) is 5.15 Å². The molecule has 0 spiro atoms. The number of pyridine rings is 1. The Morgan fingerprint density at radius 2 is 1.74 bits per heavy atom. The van der Waals surface area contributed by atoms with Gasteiger partial charge in [0.05, 0.1) is 16.1 Å². The minimum Gasteiger partial charge on any atom is -0.335 e. The average molecular weight is 464 g/mol. The van der Waals surface area contributed by atoms with Crippen LogP contribution in [0.3, 0.4) is 0 Å². The van der Waals surface area contributed by atoms with Gasteiger partial charge in [-0.2, -0.15) is 0 Å². The van der Waals surface area contributed by atoms with E-state index in [1.807, 2.05) is 30.0 Å². The van der Waals surface area contributed by atoms with Crippen LogP contribution in [0.15, 0.2) is 88.8 Å². The van der Waals surface area contributed by atoms with Crippen molar-refractivity contribution in [3.63, 3.8) is 0 Å². The quantitative estimate of drug-likeness (QED) is 0.232. The van der Waals surface area contributed by atoms with Gasteiger partial charge in [0.15, 0.2) is 0 Å². The fraction of sp³-hybridized carbons (Fsp3) is 0.115. The van der Waals surface area contributed by atoms with E-state index in [2.05, 4.69) is 76.2 Å². The number of benzene rings is 3. The molecular weight excluding hydrogens is 443 g/mol. The first kappa shape index (κ1) is 20.4. The Morgan fingerprint density at radius 3 is 2.61 bits per heavy atom. The van der Waals surface area contributed by atoms with Gasteiger partial charge in [0.2, 0.25) is 11.2 Å². The van der Waals surface area contributed by atoms with Gasteiger partial charge >= 0.3 is 0 Å². The van der Waals surface area contributed by atoms with E-state index in [0.29, 0.717) is 5.15 Å². The van der Waals surface area contributed by atoms with Crippen LogP contribution in [-0.4, -0.2) is 6.54 Å². The second-order valence-corrected chi connectivity index (χ2v) is 9.16. The first-order valence-electron chi connectivity index (χ1n) is 10.3. The smallest absolute Gasteiger partial charge is 0.281 e. The fourth-order valence-electron chi connectivity index (χ4n) is 4.58. The Morgan fingerprint density at radius 1 is 0.935 bits per heavy atom. The van der Waals surface area contributed by atoms with Crippen molar-refractivity contribution in [2.75, 3.05) is 11.4 Å². The van der Waals surface area contributed by atoms with Crippen LogP contribution in [0.4, 0.5) is 5.69 Å². The Bertz CT molecular complexity index is 1320. The number of thioether (sulfide) groups is 1. The molecule has 3 heterocycles. The highest BCUT2D eigenvalue weighted by Crippen LogP contribution is 2.50. The molecule has 0 N–H and O–H groups in total. The molecule has 0 unspecified atom stereocenters. The number of aromatic nitrogens is 1. The molecule has 0 amide bonds. The monoisotopic (exact) mass is 463 g/mol. The standard InChI is InChI=1S/C26H20ClN2S.ClH/c27-24-16-19(17-25-28-15-7-9-18-8-6-14-23(30-25)26(18)28)21-12-4-5-13-22(21)29(24)20-10-2-1-3-11-20;/h1-6,8,10-14,16-17H,7,9,15H2;1H/q+1;. The number of halogens is 2. The van der Waals surface area contributed by atoms with Crippen LogP contribution >= 0.6 is 35.8 Å². The SMILES string of the molecule is Cl.Clc1cc(/C=C2/Sc3cccc4c3N2CCC4)c2ccccc2[n+]1-c1ccccc1. The maximum absolute atomic E-state index is 6.84. The van der Waals surface area contributed by atoms with E-state index in [1.54, 1.807) is 0 Å². The minimum atomic E-state index is 0. The largest absolute Gasteiger partial charge is 0.335 e. The van der Waals surface area contributed by atoms with Gasteiger partial charge in [-0.25, -0.2) is 0 Å². The predicted molar refractivity (Wildman–Crippen MR) is 134 cm³/mol. The number of aryl methyl sites for hydroxylation is 1. The van der Waals surface area contributed by atoms with E-state index in [9.17, 15) is 0 Å². The van der Waals surface area contributed by atoms with Gasteiger partial charge in [0, 0.05) is 35.7 Å². The Labute approximate surface area is 197 Å². The summed E-state index contributed by atoms with van der Waals surface area (Å²) >= 11 is 8.71. The van der Waals surface area contributed by atoms with Gasteiger partial charge < -0.3 is 4.90 Å². The molecule has 1 aromatic heterocycles. The lowest BCUT2D eigenvalue weighted by molar-refractivity contribution is -0.564. The summed E-state index contributed by atoms with van der Waals surface area (Å²) in [5, 5.41) is 3.20.